The average Bonchev–Trinajstić information content (AvgIpc) is 3.26. The lowest BCUT2D eigenvalue weighted by atomic mass is 10.1. The molecule has 0 spiro atoms. The maximum atomic E-state index is 12.1. The number of nitrogens with zero attached hydrogens (tertiary/aromatic N) is 2. The van der Waals surface area contributed by atoms with Gasteiger partial charge in [-0.15, -0.1) is 0 Å². The molecule has 0 amide bonds. The van der Waals surface area contributed by atoms with E-state index in [1.165, 1.54) is 24.0 Å². The standard InChI is InChI=1S/C17H21N3O/c1-11-5-4-6-16(13(11)3)20-12(2)9-17(21)15(19-20)10-18-14-7-8-14/h4-6,9,14,18H,7-8,10H2,1-3H3. The minimum absolute atomic E-state index is 0.0159. The van der Waals surface area contributed by atoms with Crippen molar-refractivity contribution in [1.82, 2.24) is 15.1 Å². The van der Waals surface area contributed by atoms with Crippen molar-refractivity contribution in [3.8, 4) is 5.69 Å². The van der Waals surface area contributed by atoms with Crippen LogP contribution >= 0.6 is 0 Å². The molecule has 1 heterocycles. The Hall–Kier alpha value is -1.94. The van der Waals surface area contributed by atoms with Crippen LogP contribution in [0.2, 0.25) is 0 Å². The molecule has 0 unspecified atom stereocenters. The van der Waals surface area contributed by atoms with Crippen molar-refractivity contribution in [3.05, 3.63) is 57.0 Å². The van der Waals surface area contributed by atoms with Crippen molar-refractivity contribution < 1.29 is 0 Å². The van der Waals surface area contributed by atoms with E-state index >= 15 is 0 Å². The van der Waals surface area contributed by atoms with Gasteiger partial charge in [-0.1, -0.05) is 12.1 Å². The first-order chi connectivity index (χ1) is 10.1. The first-order valence-electron chi connectivity index (χ1n) is 7.46. The molecule has 0 atom stereocenters. The molecule has 1 aliphatic rings. The molecule has 2 aromatic rings. The van der Waals surface area contributed by atoms with E-state index < -0.39 is 0 Å². The summed E-state index contributed by atoms with van der Waals surface area (Å²) < 4.78 is 1.88. The second kappa shape index (κ2) is 5.45. The summed E-state index contributed by atoms with van der Waals surface area (Å²) in [4.78, 5) is 12.1. The lowest BCUT2D eigenvalue weighted by Gasteiger charge is -2.15. The van der Waals surface area contributed by atoms with Gasteiger partial charge >= 0.3 is 0 Å². The van der Waals surface area contributed by atoms with Gasteiger partial charge in [0.15, 0.2) is 0 Å². The van der Waals surface area contributed by atoms with Crippen molar-refractivity contribution in [2.75, 3.05) is 0 Å². The molecule has 110 valence electrons. The Labute approximate surface area is 124 Å². The fourth-order valence-corrected chi connectivity index (χ4v) is 2.44. The normalized spacial score (nSPS) is 14.4. The van der Waals surface area contributed by atoms with E-state index in [2.05, 4.69) is 30.3 Å². The van der Waals surface area contributed by atoms with Crippen LogP contribution in [0.5, 0.6) is 0 Å². The third-order valence-electron chi connectivity index (χ3n) is 4.12. The van der Waals surface area contributed by atoms with E-state index in [9.17, 15) is 4.79 Å². The molecule has 1 saturated carbocycles. The fraction of sp³-hybridized carbons (Fsp3) is 0.412. The van der Waals surface area contributed by atoms with Gasteiger partial charge in [0.05, 0.1) is 5.69 Å². The Morgan fingerprint density at radius 1 is 1.29 bits per heavy atom. The molecule has 1 aromatic heterocycles. The largest absolute Gasteiger partial charge is 0.308 e. The minimum atomic E-state index is 0.0159. The van der Waals surface area contributed by atoms with Crippen LogP contribution in [0.25, 0.3) is 5.69 Å². The van der Waals surface area contributed by atoms with Crippen molar-refractivity contribution in [2.45, 2.75) is 46.2 Å². The SMILES string of the molecule is Cc1cccc(-n2nc(CNC3CC3)c(=O)cc2C)c1C. The highest BCUT2D eigenvalue weighted by Gasteiger charge is 2.21. The lowest BCUT2D eigenvalue weighted by Crippen LogP contribution is -2.25. The number of aryl methyl sites for hydroxylation is 2. The highest BCUT2D eigenvalue weighted by molar-refractivity contribution is 5.44. The van der Waals surface area contributed by atoms with Crippen molar-refractivity contribution in [3.63, 3.8) is 0 Å². The predicted octanol–water partition coefficient (Wildman–Crippen LogP) is 2.41. The molecule has 0 bridgehead atoms. The summed E-state index contributed by atoms with van der Waals surface area (Å²) >= 11 is 0. The van der Waals surface area contributed by atoms with Gasteiger partial charge in [-0.3, -0.25) is 4.79 Å². The quantitative estimate of drug-likeness (QED) is 0.937. The molecule has 1 N–H and O–H groups in total. The first-order valence-corrected chi connectivity index (χ1v) is 7.46. The maximum Gasteiger partial charge on any atom is 0.204 e. The zero-order valence-corrected chi connectivity index (χ0v) is 12.8. The molecule has 0 saturated heterocycles. The zero-order chi connectivity index (χ0) is 15.0. The molecule has 0 aliphatic heterocycles. The van der Waals surface area contributed by atoms with Crippen LogP contribution in [0.15, 0.2) is 29.1 Å². The summed E-state index contributed by atoms with van der Waals surface area (Å²) in [7, 11) is 0. The summed E-state index contributed by atoms with van der Waals surface area (Å²) in [5, 5.41) is 7.95. The van der Waals surface area contributed by atoms with Crippen molar-refractivity contribution in [2.24, 2.45) is 0 Å². The third kappa shape index (κ3) is 2.90. The van der Waals surface area contributed by atoms with Crippen molar-refractivity contribution >= 4 is 0 Å². The summed E-state index contributed by atoms with van der Waals surface area (Å²) in [6, 6.07) is 8.41. The van der Waals surface area contributed by atoms with Gasteiger partial charge < -0.3 is 5.32 Å². The van der Waals surface area contributed by atoms with Crippen LogP contribution in [0.1, 0.15) is 35.4 Å². The number of hydrogen-bond donors (Lipinski definition) is 1. The van der Waals surface area contributed by atoms with E-state index in [0.29, 0.717) is 18.3 Å². The smallest absolute Gasteiger partial charge is 0.204 e. The Bertz CT molecular complexity index is 729. The summed E-state index contributed by atoms with van der Waals surface area (Å²) in [6.07, 6.45) is 2.41. The van der Waals surface area contributed by atoms with Crippen LogP contribution in [0.4, 0.5) is 0 Å². The van der Waals surface area contributed by atoms with Gasteiger partial charge in [-0.05, 0) is 50.8 Å². The number of aromatic nitrogens is 2. The van der Waals surface area contributed by atoms with Gasteiger partial charge in [0.2, 0.25) is 5.43 Å². The highest BCUT2D eigenvalue weighted by atomic mass is 16.1. The Morgan fingerprint density at radius 3 is 2.76 bits per heavy atom. The summed E-state index contributed by atoms with van der Waals surface area (Å²) in [5.41, 5.74) is 4.93. The summed E-state index contributed by atoms with van der Waals surface area (Å²) in [5.74, 6) is 0. The van der Waals surface area contributed by atoms with Crippen LogP contribution in [-0.2, 0) is 6.54 Å². The van der Waals surface area contributed by atoms with Crippen LogP contribution in [0.3, 0.4) is 0 Å². The molecule has 3 rings (SSSR count). The van der Waals surface area contributed by atoms with Gasteiger partial charge in [-0.25, -0.2) is 4.68 Å². The number of hydrogen-bond acceptors (Lipinski definition) is 3. The van der Waals surface area contributed by atoms with Crippen LogP contribution in [-0.4, -0.2) is 15.8 Å². The van der Waals surface area contributed by atoms with E-state index in [1.807, 2.05) is 23.7 Å². The second-order valence-corrected chi connectivity index (χ2v) is 5.88. The Morgan fingerprint density at radius 2 is 2.05 bits per heavy atom. The van der Waals surface area contributed by atoms with E-state index in [-0.39, 0.29) is 5.43 Å². The van der Waals surface area contributed by atoms with E-state index in [1.54, 1.807) is 6.07 Å². The molecular formula is C17H21N3O. The van der Waals surface area contributed by atoms with Crippen molar-refractivity contribution in [1.29, 1.82) is 0 Å². The van der Waals surface area contributed by atoms with Gasteiger partial charge in [-0.2, -0.15) is 5.10 Å². The second-order valence-electron chi connectivity index (χ2n) is 5.88. The zero-order valence-electron chi connectivity index (χ0n) is 12.8. The molecule has 1 aliphatic carbocycles. The monoisotopic (exact) mass is 283 g/mol. The number of benzene rings is 1. The minimum Gasteiger partial charge on any atom is -0.308 e. The molecule has 1 aromatic carbocycles. The Kier molecular flexibility index (Phi) is 3.64. The van der Waals surface area contributed by atoms with Crippen LogP contribution in [0, 0.1) is 20.8 Å². The maximum absolute atomic E-state index is 12.1. The van der Waals surface area contributed by atoms with Crippen LogP contribution < -0.4 is 10.7 Å². The first kappa shape index (κ1) is 14.0. The fourth-order valence-electron chi connectivity index (χ4n) is 2.44. The topological polar surface area (TPSA) is 46.9 Å². The average molecular weight is 283 g/mol. The third-order valence-corrected chi connectivity index (χ3v) is 4.12. The Balaban J connectivity index is 2.02. The van der Waals surface area contributed by atoms with Gasteiger partial charge in [0.1, 0.15) is 5.69 Å². The predicted molar refractivity (Wildman–Crippen MR) is 83.9 cm³/mol. The highest BCUT2D eigenvalue weighted by Crippen LogP contribution is 2.19. The van der Waals surface area contributed by atoms with Gasteiger partial charge in [0.25, 0.3) is 0 Å². The molecule has 21 heavy (non-hydrogen) atoms. The van der Waals surface area contributed by atoms with Gasteiger partial charge in [0, 0.05) is 24.3 Å². The summed E-state index contributed by atoms with van der Waals surface area (Å²) in [6.45, 7) is 6.65. The number of rotatable bonds is 4. The molecule has 4 nitrogen and oxygen atoms in total. The molecule has 4 heteroatoms. The van der Waals surface area contributed by atoms with E-state index in [0.717, 1.165) is 11.4 Å². The molecular weight excluding hydrogens is 262 g/mol. The van der Waals surface area contributed by atoms with E-state index in [4.69, 9.17) is 0 Å². The number of nitrogens with one attached hydrogen (secondary N) is 1. The molecule has 0 radical (unpaired) electrons. The molecule has 1 fully saturated rings. The lowest BCUT2D eigenvalue weighted by molar-refractivity contribution is 0.641.